The highest BCUT2D eigenvalue weighted by Crippen LogP contribution is 2.48. The number of anilines is 1. The highest BCUT2D eigenvalue weighted by atomic mass is 32.1. The van der Waals surface area contributed by atoms with Crippen LogP contribution in [0.2, 0.25) is 0 Å². The highest BCUT2D eigenvalue weighted by Gasteiger charge is 2.44. The summed E-state index contributed by atoms with van der Waals surface area (Å²) in [6.07, 6.45) is 0.962. The van der Waals surface area contributed by atoms with E-state index in [0.717, 1.165) is 10.4 Å². The van der Waals surface area contributed by atoms with E-state index in [0.29, 0.717) is 30.2 Å². The van der Waals surface area contributed by atoms with Gasteiger partial charge in [-0.15, -0.1) is 11.3 Å². The van der Waals surface area contributed by atoms with Gasteiger partial charge in [0.15, 0.2) is 0 Å². The Kier molecular flexibility index (Phi) is 4.67. The smallest absolute Gasteiger partial charge is 0.257 e. The molecule has 1 aromatic rings. The molecule has 2 aliphatic rings. The predicted molar refractivity (Wildman–Crippen MR) is 98.4 cm³/mol. The van der Waals surface area contributed by atoms with E-state index in [1.807, 2.05) is 27.7 Å². The van der Waals surface area contributed by atoms with Crippen molar-refractivity contribution in [1.82, 2.24) is 0 Å². The van der Waals surface area contributed by atoms with E-state index >= 15 is 0 Å². The van der Waals surface area contributed by atoms with Crippen LogP contribution in [0.25, 0.3) is 0 Å². The lowest BCUT2D eigenvalue weighted by Gasteiger charge is -2.41. The lowest BCUT2D eigenvalue weighted by molar-refractivity contribution is -0.143. The zero-order valence-corrected chi connectivity index (χ0v) is 16.4. The quantitative estimate of drug-likeness (QED) is 0.739. The second-order valence-electron chi connectivity index (χ2n) is 8.13. The number of thiophene rings is 1. The topological polar surface area (TPSA) is 111 Å². The molecule has 7 nitrogen and oxygen atoms in total. The molecular formula is C18H26N2O5S. The Labute approximate surface area is 156 Å². The fourth-order valence-electron chi connectivity index (χ4n) is 3.82. The third kappa shape index (κ3) is 3.38. The summed E-state index contributed by atoms with van der Waals surface area (Å²) in [6.45, 7) is 8.44. The molecule has 2 amide bonds. The van der Waals surface area contributed by atoms with Gasteiger partial charge in [0, 0.05) is 37.4 Å². The van der Waals surface area contributed by atoms with Gasteiger partial charge in [0.2, 0.25) is 0 Å². The summed E-state index contributed by atoms with van der Waals surface area (Å²) in [4.78, 5) is 25.7. The van der Waals surface area contributed by atoms with E-state index in [2.05, 4.69) is 5.32 Å². The van der Waals surface area contributed by atoms with E-state index in [1.165, 1.54) is 11.3 Å². The van der Waals surface area contributed by atoms with Crippen LogP contribution in [-0.4, -0.2) is 41.3 Å². The van der Waals surface area contributed by atoms with Crippen LogP contribution in [0, 0.1) is 0 Å². The molecule has 4 N–H and O–H groups in total. The van der Waals surface area contributed by atoms with E-state index in [9.17, 15) is 14.7 Å². The Balaban J connectivity index is 2.00. The zero-order chi connectivity index (χ0) is 19.3. The molecule has 1 aromatic heterocycles. The summed E-state index contributed by atoms with van der Waals surface area (Å²) >= 11 is 1.29. The van der Waals surface area contributed by atoms with Crippen LogP contribution in [0.5, 0.6) is 0 Å². The van der Waals surface area contributed by atoms with Crippen LogP contribution < -0.4 is 11.1 Å². The molecular weight excluding hydrogens is 356 g/mol. The van der Waals surface area contributed by atoms with Crippen LogP contribution in [-0.2, 0) is 26.3 Å². The molecule has 0 saturated carbocycles. The van der Waals surface area contributed by atoms with Crippen molar-refractivity contribution in [2.75, 3.05) is 18.5 Å². The molecule has 0 aliphatic carbocycles. The molecule has 0 unspecified atom stereocenters. The minimum absolute atomic E-state index is 0.220. The first kappa shape index (κ1) is 19.3. The van der Waals surface area contributed by atoms with Gasteiger partial charge in [0.05, 0.1) is 16.8 Å². The average Bonchev–Trinajstić information content (AvgIpc) is 2.84. The van der Waals surface area contributed by atoms with Gasteiger partial charge in [-0.25, -0.2) is 0 Å². The van der Waals surface area contributed by atoms with Gasteiger partial charge in [-0.05, 0) is 33.3 Å². The molecule has 1 fully saturated rings. The third-order valence-corrected chi connectivity index (χ3v) is 6.36. The molecule has 0 aromatic carbocycles. The largest absolute Gasteiger partial charge is 0.381 e. The molecule has 144 valence electrons. The van der Waals surface area contributed by atoms with Crippen molar-refractivity contribution in [2.24, 2.45) is 5.73 Å². The fraction of sp³-hybridized carbons (Fsp3) is 0.667. The number of ether oxygens (including phenoxy) is 2. The SMILES string of the molecule is CC1(C)Cc2c(sc(NC(=O)C3(O)CCOCC3)c2C(N)=O)C(C)(C)O1. The lowest BCUT2D eigenvalue weighted by atomic mass is 9.86. The van der Waals surface area contributed by atoms with Crippen LogP contribution in [0.15, 0.2) is 0 Å². The number of nitrogens with two attached hydrogens (primary N) is 1. The fourth-order valence-corrected chi connectivity index (χ4v) is 5.08. The predicted octanol–water partition coefficient (Wildman–Crippen LogP) is 1.91. The van der Waals surface area contributed by atoms with Crippen molar-refractivity contribution in [3.8, 4) is 0 Å². The molecule has 2 aliphatic heterocycles. The number of rotatable bonds is 3. The molecule has 0 spiro atoms. The number of primary amides is 1. The molecule has 8 heteroatoms. The number of aliphatic hydroxyl groups is 1. The van der Waals surface area contributed by atoms with Gasteiger partial charge in [-0.1, -0.05) is 0 Å². The molecule has 3 rings (SSSR count). The Morgan fingerprint density at radius 3 is 2.38 bits per heavy atom. The maximum Gasteiger partial charge on any atom is 0.257 e. The highest BCUT2D eigenvalue weighted by molar-refractivity contribution is 7.17. The second kappa shape index (κ2) is 6.30. The summed E-state index contributed by atoms with van der Waals surface area (Å²) in [5, 5.41) is 13.7. The molecule has 26 heavy (non-hydrogen) atoms. The Morgan fingerprint density at radius 1 is 1.19 bits per heavy atom. The number of hydrogen-bond acceptors (Lipinski definition) is 6. The maximum atomic E-state index is 12.7. The lowest BCUT2D eigenvalue weighted by Crippen LogP contribution is -2.47. The minimum atomic E-state index is -1.50. The summed E-state index contributed by atoms with van der Waals surface area (Å²) in [7, 11) is 0. The van der Waals surface area contributed by atoms with Crippen molar-refractivity contribution in [3.05, 3.63) is 16.0 Å². The standard InChI is InChI=1S/C18H26N2O5S/c1-16(2)9-10-11(13(19)21)14(26-12(10)17(3,4)25-16)20-15(22)18(23)5-7-24-8-6-18/h23H,5-9H2,1-4H3,(H2,19,21)(H,20,22). The van der Waals surface area contributed by atoms with Crippen molar-refractivity contribution < 1.29 is 24.2 Å². The molecule has 1 saturated heterocycles. The Hall–Kier alpha value is -1.48. The molecule has 0 radical (unpaired) electrons. The molecule has 0 atom stereocenters. The van der Waals surface area contributed by atoms with Gasteiger partial charge in [-0.3, -0.25) is 9.59 Å². The minimum Gasteiger partial charge on any atom is -0.381 e. The summed E-state index contributed by atoms with van der Waals surface area (Å²) in [5.41, 5.74) is 4.22. The van der Waals surface area contributed by atoms with E-state index in [-0.39, 0.29) is 12.8 Å². The number of hydrogen-bond donors (Lipinski definition) is 3. The molecule has 0 bridgehead atoms. The third-order valence-electron chi connectivity index (χ3n) is 4.90. The van der Waals surface area contributed by atoms with Crippen LogP contribution in [0.4, 0.5) is 5.00 Å². The Bertz CT molecular complexity index is 747. The van der Waals surface area contributed by atoms with Crippen LogP contribution >= 0.6 is 11.3 Å². The first-order valence-corrected chi connectivity index (χ1v) is 9.55. The summed E-state index contributed by atoms with van der Waals surface area (Å²) in [5.74, 6) is -1.12. The van der Waals surface area contributed by atoms with Crippen LogP contribution in [0.1, 0.15) is 61.3 Å². The van der Waals surface area contributed by atoms with Gasteiger partial charge < -0.3 is 25.6 Å². The van der Waals surface area contributed by atoms with E-state index in [1.54, 1.807) is 0 Å². The Morgan fingerprint density at radius 2 is 1.81 bits per heavy atom. The van der Waals surface area contributed by atoms with E-state index in [4.69, 9.17) is 15.2 Å². The average molecular weight is 382 g/mol. The summed E-state index contributed by atoms with van der Waals surface area (Å²) in [6, 6.07) is 0. The van der Waals surface area contributed by atoms with E-state index < -0.39 is 28.6 Å². The van der Waals surface area contributed by atoms with Gasteiger partial charge >= 0.3 is 0 Å². The first-order chi connectivity index (χ1) is 12.0. The number of amides is 2. The maximum absolute atomic E-state index is 12.7. The van der Waals surface area contributed by atoms with Gasteiger partial charge in [0.25, 0.3) is 11.8 Å². The number of fused-ring (bicyclic) bond motifs is 1. The van der Waals surface area contributed by atoms with Gasteiger partial charge in [-0.2, -0.15) is 0 Å². The monoisotopic (exact) mass is 382 g/mol. The van der Waals surface area contributed by atoms with Crippen molar-refractivity contribution in [1.29, 1.82) is 0 Å². The van der Waals surface area contributed by atoms with Crippen molar-refractivity contribution in [2.45, 2.75) is 63.8 Å². The zero-order valence-electron chi connectivity index (χ0n) is 15.6. The second-order valence-corrected chi connectivity index (χ2v) is 9.15. The normalized spacial score (nSPS) is 23.1. The van der Waals surface area contributed by atoms with Crippen molar-refractivity contribution in [3.63, 3.8) is 0 Å². The number of carbonyl (C=O) groups is 2. The summed E-state index contributed by atoms with van der Waals surface area (Å²) < 4.78 is 11.4. The first-order valence-electron chi connectivity index (χ1n) is 8.73. The van der Waals surface area contributed by atoms with Crippen LogP contribution in [0.3, 0.4) is 0 Å². The molecule has 3 heterocycles. The van der Waals surface area contributed by atoms with Gasteiger partial charge in [0.1, 0.15) is 10.6 Å². The number of carbonyl (C=O) groups excluding carboxylic acids is 2. The number of nitrogens with one attached hydrogen (secondary N) is 1. The van der Waals surface area contributed by atoms with Crippen molar-refractivity contribution >= 4 is 28.2 Å².